The summed E-state index contributed by atoms with van der Waals surface area (Å²) < 4.78 is 0. The number of amides is 1. The zero-order valence-electron chi connectivity index (χ0n) is 10.5. The fraction of sp³-hybridized carbons (Fsp3) is 0.214. The monoisotopic (exact) mass is 271 g/mol. The summed E-state index contributed by atoms with van der Waals surface area (Å²) in [5.74, 6) is 0.0236. The molecule has 3 heterocycles. The van der Waals surface area contributed by atoms with Gasteiger partial charge >= 0.3 is 0 Å². The second-order valence-corrected chi connectivity index (χ2v) is 5.13. The van der Waals surface area contributed by atoms with E-state index in [4.69, 9.17) is 0 Å². The van der Waals surface area contributed by atoms with Crippen LogP contribution in [0.5, 0.6) is 0 Å². The van der Waals surface area contributed by atoms with Gasteiger partial charge in [0, 0.05) is 18.9 Å². The largest absolute Gasteiger partial charge is 0.328 e. The summed E-state index contributed by atoms with van der Waals surface area (Å²) in [7, 11) is 0. The first kappa shape index (κ1) is 12.2. The molecule has 1 aliphatic heterocycles. The minimum Gasteiger partial charge on any atom is -0.328 e. The highest BCUT2D eigenvalue weighted by atomic mass is 32.2. The first-order valence-corrected chi connectivity index (χ1v) is 7.23. The fourth-order valence-electron chi connectivity index (χ4n) is 2.23. The number of thioether (sulfide) groups is 1. The topological polar surface area (TPSA) is 46.1 Å². The molecule has 0 saturated heterocycles. The van der Waals surface area contributed by atoms with Gasteiger partial charge in [-0.25, -0.2) is 4.98 Å². The predicted molar refractivity (Wildman–Crippen MR) is 73.8 cm³/mol. The number of nitrogens with zero attached hydrogens (tertiary/aromatic N) is 3. The highest BCUT2D eigenvalue weighted by Crippen LogP contribution is 2.25. The van der Waals surface area contributed by atoms with Crippen LogP contribution in [0.3, 0.4) is 0 Å². The number of aromatic nitrogens is 2. The third-order valence-corrected chi connectivity index (χ3v) is 3.88. The van der Waals surface area contributed by atoms with Crippen molar-refractivity contribution < 1.29 is 4.79 Å². The van der Waals surface area contributed by atoms with Crippen LogP contribution in [0, 0.1) is 0 Å². The van der Waals surface area contributed by atoms with Crippen LogP contribution in [-0.2, 0) is 13.1 Å². The maximum atomic E-state index is 12.5. The van der Waals surface area contributed by atoms with Gasteiger partial charge in [0.1, 0.15) is 5.03 Å². The highest BCUT2D eigenvalue weighted by Gasteiger charge is 2.26. The summed E-state index contributed by atoms with van der Waals surface area (Å²) in [6, 6.07) is 7.56. The zero-order chi connectivity index (χ0) is 13.2. The standard InChI is InChI=1S/C14H13N3OS/c1-19-13-11(5-3-7-16-13)14(18)17-8-10-4-2-6-15-12(10)9-17/h2-7H,8-9H2,1H3. The van der Waals surface area contributed by atoms with Gasteiger partial charge in [0.15, 0.2) is 0 Å². The summed E-state index contributed by atoms with van der Waals surface area (Å²) in [5.41, 5.74) is 2.79. The fourth-order valence-corrected chi connectivity index (χ4v) is 2.77. The minimum atomic E-state index is 0.0236. The Labute approximate surface area is 115 Å². The van der Waals surface area contributed by atoms with Crippen LogP contribution in [0.4, 0.5) is 0 Å². The van der Waals surface area contributed by atoms with Gasteiger partial charge in [0.2, 0.25) is 0 Å². The van der Waals surface area contributed by atoms with Crippen molar-refractivity contribution in [1.29, 1.82) is 0 Å². The van der Waals surface area contributed by atoms with Crippen molar-refractivity contribution in [3.63, 3.8) is 0 Å². The number of pyridine rings is 2. The molecule has 96 valence electrons. The van der Waals surface area contributed by atoms with Crippen LogP contribution in [-0.4, -0.2) is 27.0 Å². The van der Waals surface area contributed by atoms with E-state index in [-0.39, 0.29) is 5.91 Å². The lowest BCUT2D eigenvalue weighted by Gasteiger charge is -2.16. The molecule has 2 aromatic rings. The first-order chi connectivity index (χ1) is 9.29. The van der Waals surface area contributed by atoms with Crippen LogP contribution < -0.4 is 0 Å². The number of rotatable bonds is 2. The lowest BCUT2D eigenvalue weighted by atomic mass is 10.2. The lowest BCUT2D eigenvalue weighted by Crippen LogP contribution is -2.26. The van der Waals surface area contributed by atoms with Crippen molar-refractivity contribution in [3.05, 3.63) is 53.5 Å². The molecule has 1 amide bonds. The van der Waals surface area contributed by atoms with Gasteiger partial charge < -0.3 is 4.90 Å². The Bertz CT molecular complexity index is 605. The average molecular weight is 271 g/mol. The highest BCUT2D eigenvalue weighted by molar-refractivity contribution is 7.98. The number of carbonyl (C=O) groups excluding carboxylic acids is 1. The van der Waals surface area contributed by atoms with Crippen molar-refractivity contribution >= 4 is 17.7 Å². The summed E-state index contributed by atoms with van der Waals surface area (Å²) >= 11 is 1.49. The number of hydrogen-bond donors (Lipinski definition) is 0. The normalized spacial score (nSPS) is 13.4. The molecular weight excluding hydrogens is 258 g/mol. The molecule has 0 saturated carbocycles. The zero-order valence-corrected chi connectivity index (χ0v) is 11.4. The smallest absolute Gasteiger partial charge is 0.257 e. The second-order valence-electron chi connectivity index (χ2n) is 4.33. The van der Waals surface area contributed by atoms with Crippen molar-refractivity contribution in [1.82, 2.24) is 14.9 Å². The summed E-state index contributed by atoms with van der Waals surface area (Å²) in [6.45, 7) is 1.21. The third kappa shape index (κ3) is 2.21. The van der Waals surface area contributed by atoms with Gasteiger partial charge in [-0.3, -0.25) is 9.78 Å². The summed E-state index contributed by atoms with van der Waals surface area (Å²) in [4.78, 5) is 22.9. The van der Waals surface area contributed by atoms with Crippen molar-refractivity contribution in [2.75, 3.05) is 6.26 Å². The van der Waals surface area contributed by atoms with Gasteiger partial charge in [0.25, 0.3) is 5.91 Å². The molecule has 0 aliphatic carbocycles. The average Bonchev–Trinajstić information content (AvgIpc) is 2.90. The van der Waals surface area contributed by atoms with Gasteiger partial charge in [-0.05, 0) is 30.0 Å². The lowest BCUT2D eigenvalue weighted by molar-refractivity contribution is 0.0746. The van der Waals surface area contributed by atoms with Crippen molar-refractivity contribution in [3.8, 4) is 0 Å². The van der Waals surface area contributed by atoms with Crippen LogP contribution in [0.2, 0.25) is 0 Å². The number of carbonyl (C=O) groups is 1. The van der Waals surface area contributed by atoms with Crippen LogP contribution >= 0.6 is 11.8 Å². The van der Waals surface area contributed by atoms with E-state index < -0.39 is 0 Å². The minimum absolute atomic E-state index is 0.0236. The maximum Gasteiger partial charge on any atom is 0.257 e. The Kier molecular flexibility index (Phi) is 3.21. The molecule has 0 atom stereocenters. The maximum absolute atomic E-state index is 12.5. The molecule has 0 aromatic carbocycles. The van der Waals surface area contributed by atoms with Gasteiger partial charge in [-0.1, -0.05) is 6.07 Å². The van der Waals surface area contributed by atoms with E-state index in [0.717, 1.165) is 16.3 Å². The summed E-state index contributed by atoms with van der Waals surface area (Å²) in [6.07, 6.45) is 5.41. The Balaban J connectivity index is 1.87. The van der Waals surface area contributed by atoms with Crippen LogP contribution in [0.25, 0.3) is 0 Å². The van der Waals surface area contributed by atoms with Gasteiger partial charge in [-0.2, -0.15) is 0 Å². The van der Waals surface area contributed by atoms with E-state index in [0.29, 0.717) is 18.7 Å². The van der Waals surface area contributed by atoms with Crippen molar-refractivity contribution in [2.24, 2.45) is 0 Å². The summed E-state index contributed by atoms with van der Waals surface area (Å²) in [5, 5.41) is 0.774. The predicted octanol–water partition coefficient (Wildman–Crippen LogP) is 2.35. The van der Waals surface area contributed by atoms with E-state index in [9.17, 15) is 4.79 Å². The van der Waals surface area contributed by atoms with E-state index in [1.54, 1.807) is 18.5 Å². The Morgan fingerprint density at radius 3 is 2.79 bits per heavy atom. The first-order valence-electron chi connectivity index (χ1n) is 6.00. The molecule has 19 heavy (non-hydrogen) atoms. The molecule has 5 heteroatoms. The van der Waals surface area contributed by atoms with Gasteiger partial charge in [-0.15, -0.1) is 11.8 Å². The molecule has 0 N–H and O–H groups in total. The molecule has 2 aromatic heterocycles. The SMILES string of the molecule is CSc1ncccc1C(=O)N1Cc2cccnc2C1. The molecule has 0 spiro atoms. The van der Waals surface area contributed by atoms with E-state index >= 15 is 0 Å². The van der Waals surface area contributed by atoms with E-state index in [2.05, 4.69) is 9.97 Å². The molecule has 0 bridgehead atoms. The molecule has 3 rings (SSSR count). The van der Waals surface area contributed by atoms with Gasteiger partial charge in [0.05, 0.1) is 17.8 Å². The number of hydrogen-bond acceptors (Lipinski definition) is 4. The van der Waals surface area contributed by atoms with E-state index in [1.807, 2.05) is 29.4 Å². The number of fused-ring (bicyclic) bond motifs is 1. The molecular formula is C14H13N3OS. The molecule has 4 nitrogen and oxygen atoms in total. The second kappa shape index (κ2) is 5.01. The molecule has 0 unspecified atom stereocenters. The third-order valence-electron chi connectivity index (χ3n) is 3.17. The molecule has 0 radical (unpaired) electrons. The van der Waals surface area contributed by atoms with E-state index in [1.165, 1.54) is 11.8 Å². The molecule has 0 fully saturated rings. The quantitative estimate of drug-likeness (QED) is 0.787. The van der Waals surface area contributed by atoms with Crippen molar-refractivity contribution in [2.45, 2.75) is 18.1 Å². The van der Waals surface area contributed by atoms with Crippen LogP contribution in [0.15, 0.2) is 41.7 Å². The Hall–Kier alpha value is -1.88. The Morgan fingerprint density at radius 2 is 2.00 bits per heavy atom. The molecule has 1 aliphatic rings. The Morgan fingerprint density at radius 1 is 1.21 bits per heavy atom. The van der Waals surface area contributed by atoms with Crippen LogP contribution in [0.1, 0.15) is 21.6 Å².